The van der Waals surface area contributed by atoms with Gasteiger partial charge in [0, 0.05) is 24.3 Å². The van der Waals surface area contributed by atoms with E-state index in [0.717, 1.165) is 35.2 Å². The molecule has 0 atom stereocenters. The highest BCUT2D eigenvalue weighted by Crippen LogP contribution is 2.16. The van der Waals surface area contributed by atoms with Gasteiger partial charge in [0.25, 0.3) is 5.91 Å². The van der Waals surface area contributed by atoms with Crippen molar-refractivity contribution in [3.8, 4) is 0 Å². The van der Waals surface area contributed by atoms with Crippen LogP contribution in [0.1, 0.15) is 34.2 Å². The molecule has 1 aromatic carbocycles. The van der Waals surface area contributed by atoms with Crippen molar-refractivity contribution >= 4 is 15.9 Å². The van der Waals surface area contributed by atoms with Gasteiger partial charge in [-0.15, -0.1) is 0 Å². The van der Waals surface area contributed by atoms with Crippen LogP contribution >= 0.6 is 0 Å². The van der Waals surface area contributed by atoms with Crippen molar-refractivity contribution in [1.29, 1.82) is 0 Å². The number of amides is 1. The van der Waals surface area contributed by atoms with Crippen molar-refractivity contribution in [2.45, 2.75) is 38.8 Å². The van der Waals surface area contributed by atoms with E-state index in [2.05, 4.69) is 10.4 Å². The maximum atomic E-state index is 13.8. The van der Waals surface area contributed by atoms with E-state index in [-0.39, 0.29) is 17.0 Å². The zero-order valence-electron chi connectivity index (χ0n) is 13.6. The molecule has 1 aromatic heterocycles. The molecule has 0 aliphatic rings. The van der Waals surface area contributed by atoms with Crippen LogP contribution in [-0.2, 0) is 23.1 Å². The number of carbonyl (C=O) groups excluding carboxylic acids is 1. The van der Waals surface area contributed by atoms with Crippen LogP contribution in [0.25, 0.3) is 0 Å². The number of sulfonamides is 1. The summed E-state index contributed by atoms with van der Waals surface area (Å²) in [6.07, 6.45) is 0. The summed E-state index contributed by atoms with van der Waals surface area (Å²) in [4.78, 5) is 11.9. The van der Waals surface area contributed by atoms with Crippen LogP contribution in [0.2, 0.25) is 0 Å². The molecule has 0 saturated carbocycles. The Hall–Kier alpha value is -2.26. The minimum atomic E-state index is -4.02. The van der Waals surface area contributed by atoms with E-state index < -0.39 is 21.7 Å². The number of nitrogens with one attached hydrogen (secondary N) is 1. The molecule has 1 amide bonds. The van der Waals surface area contributed by atoms with Crippen LogP contribution < -0.4 is 10.5 Å². The Morgan fingerprint density at radius 1 is 1.38 bits per heavy atom. The summed E-state index contributed by atoms with van der Waals surface area (Å²) >= 11 is 0. The summed E-state index contributed by atoms with van der Waals surface area (Å²) in [7, 11) is -4.02. The lowest BCUT2D eigenvalue weighted by Crippen LogP contribution is -2.25. The lowest BCUT2D eigenvalue weighted by molar-refractivity contribution is 0.0946. The van der Waals surface area contributed by atoms with Crippen LogP contribution in [0.3, 0.4) is 0 Å². The van der Waals surface area contributed by atoms with Gasteiger partial charge in [-0.25, -0.2) is 17.9 Å². The maximum Gasteiger partial charge on any atom is 0.254 e. The van der Waals surface area contributed by atoms with Gasteiger partial charge in [-0.1, -0.05) is 0 Å². The number of aryl methyl sites for hydroxylation is 2. The zero-order chi connectivity index (χ0) is 18.1. The zero-order valence-corrected chi connectivity index (χ0v) is 14.4. The molecule has 2 aromatic rings. The third-order valence-corrected chi connectivity index (χ3v) is 4.68. The fourth-order valence-corrected chi connectivity index (χ4v) is 2.96. The van der Waals surface area contributed by atoms with Crippen molar-refractivity contribution in [2.75, 3.05) is 0 Å². The fraction of sp³-hybridized carbons (Fsp3) is 0.333. The van der Waals surface area contributed by atoms with E-state index >= 15 is 0 Å². The molecule has 0 spiro atoms. The van der Waals surface area contributed by atoms with E-state index in [9.17, 15) is 17.6 Å². The predicted molar refractivity (Wildman–Crippen MR) is 86.3 cm³/mol. The van der Waals surface area contributed by atoms with Crippen LogP contribution in [0, 0.1) is 19.7 Å². The summed E-state index contributed by atoms with van der Waals surface area (Å²) in [6.45, 7) is 6.52. The second kappa shape index (κ2) is 6.70. The molecule has 0 fully saturated rings. The molecule has 1 heterocycles. The number of benzene rings is 1. The van der Waals surface area contributed by atoms with E-state index in [1.54, 1.807) is 4.68 Å². The Kier molecular flexibility index (Phi) is 5.05. The molecular formula is C15H19FN4O3S. The first kappa shape index (κ1) is 18.1. The molecule has 0 unspecified atom stereocenters. The van der Waals surface area contributed by atoms with E-state index in [1.807, 2.05) is 20.8 Å². The SMILES string of the molecule is CCn1nc(C)c(CNC(=O)c2cc(S(N)(=O)=O)ccc2F)c1C. The standard InChI is InChI=1S/C15H19FN4O3S/c1-4-20-10(3)13(9(2)19-20)8-18-15(21)12-7-11(24(17,22)23)5-6-14(12)16/h5-7H,4,8H2,1-3H3,(H,18,21)(H2,17,22,23). The molecule has 3 N–H and O–H groups in total. The van der Waals surface area contributed by atoms with Gasteiger partial charge < -0.3 is 5.32 Å². The Labute approximate surface area is 139 Å². The highest BCUT2D eigenvalue weighted by atomic mass is 32.2. The Bertz CT molecular complexity index is 890. The van der Waals surface area contributed by atoms with Crippen molar-refractivity contribution in [3.63, 3.8) is 0 Å². The summed E-state index contributed by atoms with van der Waals surface area (Å²) in [6, 6.07) is 2.84. The van der Waals surface area contributed by atoms with E-state index in [0.29, 0.717) is 6.54 Å². The van der Waals surface area contributed by atoms with Crippen molar-refractivity contribution in [3.05, 3.63) is 46.5 Å². The second-order valence-corrected chi connectivity index (χ2v) is 6.90. The monoisotopic (exact) mass is 354 g/mol. The topological polar surface area (TPSA) is 107 Å². The van der Waals surface area contributed by atoms with Crippen molar-refractivity contribution < 1.29 is 17.6 Å². The maximum absolute atomic E-state index is 13.8. The molecule has 0 saturated heterocycles. The average molecular weight is 354 g/mol. The van der Waals surface area contributed by atoms with Gasteiger partial charge in [0.2, 0.25) is 10.0 Å². The number of primary sulfonamides is 1. The molecule has 7 nitrogen and oxygen atoms in total. The Morgan fingerprint density at radius 3 is 2.58 bits per heavy atom. The number of nitrogens with two attached hydrogens (primary N) is 1. The number of hydrogen-bond acceptors (Lipinski definition) is 4. The first-order valence-corrected chi connectivity index (χ1v) is 8.83. The van der Waals surface area contributed by atoms with Gasteiger partial charge in [0.05, 0.1) is 16.2 Å². The minimum absolute atomic E-state index is 0.162. The molecule has 2 rings (SSSR count). The summed E-state index contributed by atoms with van der Waals surface area (Å²) in [5.74, 6) is -1.54. The normalized spacial score (nSPS) is 11.5. The summed E-state index contributed by atoms with van der Waals surface area (Å²) < 4.78 is 38.3. The smallest absolute Gasteiger partial charge is 0.254 e. The molecule has 0 bridgehead atoms. The minimum Gasteiger partial charge on any atom is -0.348 e. The van der Waals surface area contributed by atoms with Gasteiger partial charge in [-0.3, -0.25) is 9.48 Å². The lowest BCUT2D eigenvalue weighted by Gasteiger charge is -2.08. The van der Waals surface area contributed by atoms with Gasteiger partial charge in [0.15, 0.2) is 0 Å². The van der Waals surface area contributed by atoms with Crippen molar-refractivity contribution in [1.82, 2.24) is 15.1 Å². The molecule has 9 heteroatoms. The molecule has 0 aliphatic heterocycles. The molecule has 130 valence electrons. The number of hydrogen-bond donors (Lipinski definition) is 2. The van der Waals surface area contributed by atoms with Crippen LogP contribution in [0.5, 0.6) is 0 Å². The number of nitrogens with zero attached hydrogens (tertiary/aromatic N) is 2. The quantitative estimate of drug-likeness (QED) is 0.842. The van der Waals surface area contributed by atoms with E-state index in [4.69, 9.17) is 5.14 Å². The van der Waals surface area contributed by atoms with E-state index in [1.165, 1.54) is 0 Å². The third kappa shape index (κ3) is 3.62. The van der Waals surface area contributed by atoms with Crippen LogP contribution in [0.15, 0.2) is 23.1 Å². The van der Waals surface area contributed by atoms with Gasteiger partial charge in [0.1, 0.15) is 5.82 Å². The summed E-state index contributed by atoms with van der Waals surface area (Å²) in [5.41, 5.74) is 2.15. The van der Waals surface area contributed by atoms with Crippen LogP contribution in [-0.4, -0.2) is 24.1 Å². The highest BCUT2D eigenvalue weighted by molar-refractivity contribution is 7.89. The molecule has 24 heavy (non-hydrogen) atoms. The van der Waals surface area contributed by atoms with Gasteiger partial charge in [-0.05, 0) is 39.0 Å². The number of rotatable bonds is 5. The second-order valence-electron chi connectivity index (χ2n) is 5.33. The van der Waals surface area contributed by atoms with Gasteiger partial charge in [-0.2, -0.15) is 5.10 Å². The lowest BCUT2D eigenvalue weighted by atomic mass is 10.1. The number of halogens is 1. The molecular weight excluding hydrogens is 335 g/mol. The van der Waals surface area contributed by atoms with Gasteiger partial charge >= 0.3 is 0 Å². The third-order valence-electron chi connectivity index (χ3n) is 3.77. The molecule has 0 aliphatic carbocycles. The van der Waals surface area contributed by atoms with Crippen LogP contribution in [0.4, 0.5) is 4.39 Å². The highest BCUT2D eigenvalue weighted by Gasteiger charge is 2.18. The first-order valence-electron chi connectivity index (χ1n) is 7.28. The number of aromatic nitrogens is 2. The first-order chi connectivity index (χ1) is 11.1. The Morgan fingerprint density at radius 2 is 2.04 bits per heavy atom. The summed E-state index contributed by atoms with van der Waals surface area (Å²) in [5, 5.41) is 11.9. The number of carbonyl (C=O) groups is 1. The average Bonchev–Trinajstić information content (AvgIpc) is 2.78. The largest absolute Gasteiger partial charge is 0.348 e. The predicted octanol–water partition coefficient (Wildman–Crippen LogP) is 1.24. The Balaban J connectivity index is 2.24. The fourth-order valence-electron chi connectivity index (χ4n) is 2.42. The van der Waals surface area contributed by atoms with Crippen molar-refractivity contribution in [2.24, 2.45) is 5.14 Å². The molecule has 0 radical (unpaired) electrons.